The zero-order valence-electron chi connectivity index (χ0n) is 22.4. The number of aliphatic hydroxyl groups excluding tert-OH is 2. The van der Waals surface area contributed by atoms with E-state index < -0.39 is 27.3 Å². The minimum absolute atomic E-state index is 0.00888. The molecule has 0 amide bonds. The number of nitrogens with zero attached hydrogens (tertiary/aromatic N) is 1. The van der Waals surface area contributed by atoms with Crippen molar-refractivity contribution in [1.82, 2.24) is 0 Å². The number of ketones is 1. The van der Waals surface area contributed by atoms with Crippen LogP contribution in [0, 0.1) is 56.2 Å². The molecule has 5 aliphatic rings. The fraction of sp³-hybridized carbons (Fsp3) is 0.800. The summed E-state index contributed by atoms with van der Waals surface area (Å²) in [5.74, 6) is -0.266. The van der Waals surface area contributed by atoms with Crippen LogP contribution in [0.15, 0.2) is 23.0 Å². The van der Waals surface area contributed by atoms with Gasteiger partial charge >= 0.3 is 0 Å². The van der Waals surface area contributed by atoms with E-state index in [9.17, 15) is 25.4 Å². The van der Waals surface area contributed by atoms with Gasteiger partial charge in [-0.25, -0.2) is 0 Å². The SMILES string of the molecule is C[C@@H]1C(O)=C(C#N)C[C@]2(C)C3=CC(=O)[C@]4(O)C5CC(C)(C)CC[C@]5(CO)CC[C@@]4(C)[C@]3(C)CC[C@@H]12. The third-order valence-electron chi connectivity index (χ3n) is 12.5. The lowest BCUT2D eigenvalue weighted by atomic mass is 9.33. The van der Waals surface area contributed by atoms with Crippen molar-refractivity contribution in [3.8, 4) is 6.07 Å². The molecule has 1 unspecified atom stereocenters. The highest BCUT2D eigenvalue weighted by molar-refractivity contribution is 6.00. The van der Waals surface area contributed by atoms with E-state index in [0.29, 0.717) is 18.4 Å². The quantitative estimate of drug-likeness (QED) is 0.450. The Labute approximate surface area is 210 Å². The van der Waals surface area contributed by atoms with Gasteiger partial charge in [0, 0.05) is 23.9 Å². The number of hydrogen-bond donors (Lipinski definition) is 3. The molecule has 5 rings (SSSR count). The number of carbonyl (C=O) groups is 1. The molecule has 0 aromatic carbocycles. The third kappa shape index (κ3) is 2.79. The zero-order chi connectivity index (χ0) is 25.8. The van der Waals surface area contributed by atoms with Crippen LogP contribution in [0.1, 0.15) is 92.9 Å². The van der Waals surface area contributed by atoms with Gasteiger partial charge in [-0.3, -0.25) is 4.79 Å². The van der Waals surface area contributed by atoms with Crippen molar-refractivity contribution in [3.05, 3.63) is 23.0 Å². The molecule has 3 fully saturated rings. The third-order valence-corrected chi connectivity index (χ3v) is 12.5. The molecule has 0 aromatic rings. The van der Waals surface area contributed by atoms with Gasteiger partial charge in [0.2, 0.25) is 0 Å². The van der Waals surface area contributed by atoms with Gasteiger partial charge in [0.15, 0.2) is 5.78 Å². The van der Waals surface area contributed by atoms with Gasteiger partial charge < -0.3 is 15.3 Å². The van der Waals surface area contributed by atoms with Crippen LogP contribution in [0.2, 0.25) is 0 Å². The van der Waals surface area contributed by atoms with E-state index in [1.165, 1.54) is 0 Å². The first-order valence-corrected chi connectivity index (χ1v) is 13.6. The van der Waals surface area contributed by atoms with Crippen molar-refractivity contribution in [2.75, 3.05) is 6.61 Å². The van der Waals surface area contributed by atoms with E-state index in [4.69, 9.17) is 0 Å². The Balaban J connectivity index is 1.70. The van der Waals surface area contributed by atoms with E-state index in [0.717, 1.165) is 44.1 Å². The first-order valence-electron chi connectivity index (χ1n) is 13.6. The van der Waals surface area contributed by atoms with Gasteiger partial charge in [0.1, 0.15) is 11.4 Å². The van der Waals surface area contributed by atoms with Crippen molar-refractivity contribution in [2.45, 2.75) is 98.5 Å². The van der Waals surface area contributed by atoms with E-state index in [2.05, 4.69) is 40.7 Å². The van der Waals surface area contributed by atoms with Crippen LogP contribution in [0.25, 0.3) is 0 Å². The Hall–Kier alpha value is -1.64. The van der Waals surface area contributed by atoms with Gasteiger partial charge in [0.25, 0.3) is 0 Å². The molecular weight excluding hydrogens is 438 g/mol. The summed E-state index contributed by atoms with van der Waals surface area (Å²) < 4.78 is 0. The smallest absolute Gasteiger partial charge is 0.188 e. The highest BCUT2D eigenvalue weighted by Crippen LogP contribution is 2.75. The maximum absolute atomic E-state index is 14.3. The molecule has 0 saturated heterocycles. The van der Waals surface area contributed by atoms with E-state index in [1.807, 2.05) is 6.92 Å². The summed E-state index contributed by atoms with van der Waals surface area (Å²) in [7, 11) is 0. The maximum atomic E-state index is 14.3. The molecule has 8 atom stereocenters. The van der Waals surface area contributed by atoms with E-state index in [1.54, 1.807) is 6.08 Å². The van der Waals surface area contributed by atoms with Crippen molar-refractivity contribution in [2.24, 2.45) is 44.8 Å². The van der Waals surface area contributed by atoms with Crippen LogP contribution in [-0.2, 0) is 4.79 Å². The fourth-order valence-electron chi connectivity index (χ4n) is 9.92. The molecule has 5 nitrogen and oxygen atoms in total. The molecule has 0 spiro atoms. The second-order valence-electron chi connectivity index (χ2n) is 14.3. The minimum atomic E-state index is -1.52. The summed E-state index contributed by atoms with van der Waals surface area (Å²) in [6.07, 6.45) is 8.00. The molecule has 3 saturated carbocycles. The van der Waals surface area contributed by atoms with Gasteiger partial charge in [-0.2, -0.15) is 5.26 Å². The lowest BCUT2D eigenvalue weighted by Crippen LogP contribution is -2.74. The number of aliphatic hydroxyl groups is 3. The normalized spacial score (nSPS) is 50.8. The topological polar surface area (TPSA) is 102 Å². The fourth-order valence-corrected chi connectivity index (χ4v) is 9.92. The van der Waals surface area contributed by atoms with Gasteiger partial charge in [-0.15, -0.1) is 0 Å². The summed E-state index contributed by atoms with van der Waals surface area (Å²) >= 11 is 0. The number of rotatable bonds is 1. The summed E-state index contributed by atoms with van der Waals surface area (Å²) in [4.78, 5) is 14.3. The minimum Gasteiger partial charge on any atom is -0.511 e. The lowest BCUT2D eigenvalue weighted by molar-refractivity contribution is -0.251. The van der Waals surface area contributed by atoms with E-state index in [-0.39, 0.29) is 41.3 Å². The van der Waals surface area contributed by atoms with Crippen LogP contribution in [-0.4, -0.2) is 33.3 Å². The first-order chi connectivity index (χ1) is 16.2. The van der Waals surface area contributed by atoms with Crippen LogP contribution in [0.3, 0.4) is 0 Å². The Bertz CT molecular complexity index is 1080. The van der Waals surface area contributed by atoms with Gasteiger partial charge in [-0.1, -0.05) is 47.1 Å². The predicted molar refractivity (Wildman–Crippen MR) is 134 cm³/mol. The molecule has 0 aromatic heterocycles. The van der Waals surface area contributed by atoms with Crippen molar-refractivity contribution in [3.63, 3.8) is 0 Å². The second-order valence-corrected chi connectivity index (χ2v) is 14.3. The Morgan fingerprint density at radius 2 is 1.74 bits per heavy atom. The van der Waals surface area contributed by atoms with Crippen LogP contribution >= 0.6 is 0 Å². The Kier molecular flexibility index (Phi) is 5.17. The van der Waals surface area contributed by atoms with E-state index >= 15 is 0 Å². The summed E-state index contributed by atoms with van der Waals surface area (Å²) in [5, 5.41) is 43.9. The molecule has 35 heavy (non-hydrogen) atoms. The van der Waals surface area contributed by atoms with Crippen LogP contribution in [0.4, 0.5) is 0 Å². The van der Waals surface area contributed by atoms with Crippen molar-refractivity contribution in [1.29, 1.82) is 5.26 Å². The molecule has 3 N–H and O–H groups in total. The zero-order valence-corrected chi connectivity index (χ0v) is 22.4. The lowest BCUT2D eigenvalue weighted by Gasteiger charge is -2.71. The average Bonchev–Trinajstić information content (AvgIpc) is 2.80. The summed E-state index contributed by atoms with van der Waals surface area (Å²) in [6.45, 7) is 13.0. The highest BCUT2D eigenvalue weighted by Gasteiger charge is 2.75. The maximum Gasteiger partial charge on any atom is 0.188 e. The molecule has 0 bridgehead atoms. The van der Waals surface area contributed by atoms with Crippen LogP contribution < -0.4 is 0 Å². The standard InChI is InChI=1S/C30H43NO4/c1-18-20-7-8-27(5)21(26(20,4)14-19(16-31)24(18)34)13-23(33)30(35)22-15-25(2,3)9-11-29(22,17-32)12-10-28(27,30)6/h13,18,20,22,32,34-35H,7-12,14-15,17H2,1-6H3/t18-,20-,22?,26-,27+,28-,29+,30+/m0/s1. The van der Waals surface area contributed by atoms with Gasteiger partial charge in [0.05, 0.1) is 11.6 Å². The number of nitriles is 1. The Morgan fingerprint density at radius 3 is 2.37 bits per heavy atom. The summed E-state index contributed by atoms with van der Waals surface area (Å²) in [6, 6.07) is 2.23. The molecule has 192 valence electrons. The van der Waals surface area contributed by atoms with Crippen molar-refractivity contribution < 1.29 is 20.1 Å². The molecule has 0 radical (unpaired) electrons. The highest BCUT2D eigenvalue weighted by atomic mass is 16.3. The molecule has 5 aliphatic carbocycles. The summed E-state index contributed by atoms with van der Waals surface area (Å²) in [5.41, 5.74) is -1.92. The number of fused-ring (bicyclic) bond motifs is 7. The molecule has 0 aliphatic heterocycles. The molecular formula is C30H43NO4. The van der Waals surface area contributed by atoms with Gasteiger partial charge in [-0.05, 0) is 85.0 Å². The molecule has 0 heterocycles. The Morgan fingerprint density at radius 1 is 1.09 bits per heavy atom. The average molecular weight is 482 g/mol. The largest absolute Gasteiger partial charge is 0.511 e. The predicted octanol–water partition coefficient (Wildman–Crippen LogP) is 5.63. The first kappa shape index (κ1) is 25.0. The number of allylic oxidation sites excluding steroid dienone is 3. The second kappa shape index (κ2) is 7.23. The van der Waals surface area contributed by atoms with Crippen molar-refractivity contribution >= 4 is 5.78 Å². The monoisotopic (exact) mass is 481 g/mol. The number of carbonyl (C=O) groups excluding carboxylic acids is 1. The van der Waals surface area contributed by atoms with Crippen LogP contribution in [0.5, 0.6) is 0 Å². The molecule has 5 heteroatoms. The number of hydrogen-bond acceptors (Lipinski definition) is 5.